The number of hydrogen-bond donors (Lipinski definition) is 2. The standard InChI is InChI=1S/C19H21N3O3/c1-19(2,3)25-17(23)12-20-22-14-8-6-7-13(11-14)18-21-15-9-4-5-10-16(15)24-18/h4-11,20,22H,12H2,1-3H3. The van der Waals surface area contributed by atoms with E-state index in [0.717, 1.165) is 22.4 Å². The molecule has 0 amide bonds. The lowest BCUT2D eigenvalue weighted by Gasteiger charge is -2.19. The fourth-order valence-corrected chi connectivity index (χ4v) is 2.32. The van der Waals surface area contributed by atoms with Crippen LogP contribution in [0.25, 0.3) is 22.6 Å². The summed E-state index contributed by atoms with van der Waals surface area (Å²) in [7, 11) is 0. The van der Waals surface area contributed by atoms with Crippen LogP contribution in [-0.4, -0.2) is 23.1 Å². The molecule has 0 bridgehead atoms. The first-order valence-electron chi connectivity index (χ1n) is 8.07. The molecule has 0 unspecified atom stereocenters. The molecule has 0 radical (unpaired) electrons. The van der Waals surface area contributed by atoms with E-state index in [0.29, 0.717) is 5.89 Å². The Hall–Kier alpha value is -2.86. The number of benzene rings is 2. The van der Waals surface area contributed by atoms with Crippen molar-refractivity contribution in [1.29, 1.82) is 0 Å². The van der Waals surface area contributed by atoms with Crippen LogP contribution < -0.4 is 10.9 Å². The monoisotopic (exact) mass is 339 g/mol. The van der Waals surface area contributed by atoms with Crippen molar-refractivity contribution in [3.8, 4) is 11.5 Å². The van der Waals surface area contributed by atoms with Gasteiger partial charge in [0.15, 0.2) is 5.58 Å². The van der Waals surface area contributed by atoms with Crippen molar-refractivity contribution in [2.45, 2.75) is 26.4 Å². The van der Waals surface area contributed by atoms with Gasteiger partial charge in [-0.15, -0.1) is 0 Å². The van der Waals surface area contributed by atoms with Gasteiger partial charge in [-0.25, -0.2) is 10.4 Å². The zero-order valence-electron chi connectivity index (χ0n) is 14.5. The number of carbonyl (C=O) groups is 1. The normalized spacial score (nSPS) is 11.5. The van der Waals surface area contributed by atoms with E-state index in [4.69, 9.17) is 9.15 Å². The molecule has 6 heteroatoms. The van der Waals surface area contributed by atoms with E-state index in [-0.39, 0.29) is 12.5 Å². The maximum atomic E-state index is 11.7. The molecule has 0 saturated carbocycles. The van der Waals surface area contributed by atoms with Crippen molar-refractivity contribution in [3.05, 3.63) is 48.5 Å². The molecule has 0 spiro atoms. The summed E-state index contributed by atoms with van der Waals surface area (Å²) in [6.45, 7) is 5.57. The highest BCUT2D eigenvalue weighted by atomic mass is 16.6. The number of hydrogen-bond acceptors (Lipinski definition) is 6. The van der Waals surface area contributed by atoms with E-state index in [9.17, 15) is 4.79 Å². The quantitative estimate of drug-likeness (QED) is 0.544. The fraction of sp³-hybridized carbons (Fsp3) is 0.263. The maximum Gasteiger partial charge on any atom is 0.322 e. The van der Waals surface area contributed by atoms with Crippen LogP contribution in [0.3, 0.4) is 0 Å². The van der Waals surface area contributed by atoms with Gasteiger partial charge < -0.3 is 14.6 Å². The zero-order valence-corrected chi connectivity index (χ0v) is 14.5. The first kappa shape index (κ1) is 17.0. The third kappa shape index (κ3) is 4.58. The molecule has 0 saturated heterocycles. The number of fused-ring (bicyclic) bond motifs is 1. The third-order valence-corrected chi connectivity index (χ3v) is 3.29. The predicted molar refractivity (Wildman–Crippen MR) is 96.9 cm³/mol. The van der Waals surface area contributed by atoms with Crippen LogP contribution in [0, 0.1) is 0 Å². The second-order valence-corrected chi connectivity index (χ2v) is 6.63. The number of ether oxygens (including phenoxy) is 1. The highest BCUT2D eigenvalue weighted by Gasteiger charge is 2.15. The lowest BCUT2D eigenvalue weighted by molar-refractivity contribution is -0.153. The Morgan fingerprint density at radius 1 is 1.16 bits per heavy atom. The molecule has 2 aromatic carbocycles. The van der Waals surface area contributed by atoms with E-state index in [2.05, 4.69) is 15.8 Å². The van der Waals surface area contributed by atoms with Gasteiger partial charge in [0, 0.05) is 11.3 Å². The van der Waals surface area contributed by atoms with Gasteiger partial charge in [-0.1, -0.05) is 18.2 Å². The Morgan fingerprint density at radius 3 is 2.72 bits per heavy atom. The van der Waals surface area contributed by atoms with Crippen molar-refractivity contribution >= 4 is 22.8 Å². The number of esters is 1. The van der Waals surface area contributed by atoms with Crippen molar-refractivity contribution in [3.63, 3.8) is 0 Å². The summed E-state index contributed by atoms with van der Waals surface area (Å²) in [4.78, 5) is 16.2. The minimum Gasteiger partial charge on any atom is -0.459 e. The molecule has 2 N–H and O–H groups in total. The van der Waals surface area contributed by atoms with Gasteiger partial charge in [-0.05, 0) is 51.1 Å². The fourth-order valence-electron chi connectivity index (χ4n) is 2.32. The molecule has 1 aromatic heterocycles. The minimum atomic E-state index is -0.494. The maximum absolute atomic E-state index is 11.7. The second kappa shape index (κ2) is 6.94. The molecule has 25 heavy (non-hydrogen) atoms. The van der Waals surface area contributed by atoms with Crippen LogP contribution in [-0.2, 0) is 9.53 Å². The largest absolute Gasteiger partial charge is 0.459 e. The molecule has 1 heterocycles. The van der Waals surface area contributed by atoms with Crippen molar-refractivity contribution in [2.75, 3.05) is 12.0 Å². The van der Waals surface area contributed by atoms with Crippen LogP contribution >= 0.6 is 0 Å². The molecule has 0 aliphatic carbocycles. The zero-order chi connectivity index (χ0) is 17.9. The number of rotatable bonds is 5. The number of para-hydroxylation sites is 2. The molecule has 0 aliphatic heterocycles. The topological polar surface area (TPSA) is 76.4 Å². The summed E-state index contributed by atoms with van der Waals surface area (Å²) >= 11 is 0. The molecular formula is C19H21N3O3. The molecular weight excluding hydrogens is 318 g/mol. The average Bonchev–Trinajstić information content (AvgIpc) is 2.97. The van der Waals surface area contributed by atoms with Crippen LogP contribution in [0.5, 0.6) is 0 Å². The molecule has 0 fully saturated rings. The Labute approximate surface area is 146 Å². The minimum absolute atomic E-state index is 0.0599. The number of anilines is 1. The highest BCUT2D eigenvalue weighted by Crippen LogP contribution is 2.25. The predicted octanol–water partition coefficient (Wildman–Crippen LogP) is 3.75. The number of hydrazine groups is 1. The lowest BCUT2D eigenvalue weighted by Crippen LogP contribution is -2.34. The van der Waals surface area contributed by atoms with Gasteiger partial charge in [-0.3, -0.25) is 4.79 Å². The summed E-state index contributed by atoms with van der Waals surface area (Å²) in [5.41, 5.74) is 8.55. The van der Waals surface area contributed by atoms with E-state index in [1.165, 1.54) is 0 Å². The first-order chi connectivity index (χ1) is 11.9. The summed E-state index contributed by atoms with van der Waals surface area (Å²) in [6.07, 6.45) is 0. The van der Waals surface area contributed by atoms with Crippen LogP contribution in [0.4, 0.5) is 5.69 Å². The van der Waals surface area contributed by atoms with E-state index >= 15 is 0 Å². The second-order valence-electron chi connectivity index (χ2n) is 6.63. The van der Waals surface area contributed by atoms with Crippen LogP contribution in [0.2, 0.25) is 0 Å². The summed E-state index contributed by atoms with van der Waals surface area (Å²) in [5.74, 6) is 0.229. The van der Waals surface area contributed by atoms with E-state index in [1.54, 1.807) is 0 Å². The molecule has 0 aliphatic rings. The van der Waals surface area contributed by atoms with Crippen molar-refractivity contribution < 1.29 is 13.9 Å². The van der Waals surface area contributed by atoms with E-state index in [1.807, 2.05) is 69.3 Å². The van der Waals surface area contributed by atoms with E-state index < -0.39 is 5.60 Å². The number of carbonyl (C=O) groups excluding carboxylic acids is 1. The summed E-state index contributed by atoms with van der Waals surface area (Å²) in [5, 5.41) is 0. The number of aromatic nitrogens is 1. The summed E-state index contributed by atoms with van der Waals surface area (Å²) < 4.78 is 11.0. The molecule has 3 aromatic rings. The van der Waals surface area contributed by atoms with Gasteiger partial charge >= 0.3 is 5.97 Å². The Kier molecular flexibility index (Phi) is 4.72. The van der Waals surface area contributed by atoms with Crippen molar-refractivity contribution in [2.24, 2.45) is 0 Å². The van der Waals surface area contributed by atoms with Crippen LogP contribution in [0.15, 0.2) is 52.9 Å². The molecule has 3 rings (SSSR count). The van der Waals surface area contributed by atoms with Gasteiger partial charge in [0.05, 0.1) is 0 Å². The van der Waals surface area contributed by atoms with Gasteiger partial charge in [0.1, 0.15) is 17.7 Å². The Morgan fingerprint density at radius 2 is 1.96 bits per heavy atom. The number of nitrogens with one attached hydrogen (secondary N) is 2. The summed E-state index contributed by atoms with van der Waals surface area (Å²) in [6, 6.07) is 15.2. The molecule has 6 nitrogen and oxygen atoms in total. The van der Waals surface area contributed by atoms with Gasteiger partial charge in [0.2, 0.25) is 5.89 Å². The van der Waals surface area contributed by atoms with Gasteiger partial charge in [0.25, 0.3) is 0 Å². The number of oxazole rings is 1. The first-order valence-corrected chi connectivity index (χ1v) is 8.07. The SMILES string of the molecule is CC(C)(C)OC(=O)CNNc1cccc(-c2nc3ccccc3o2)c1. The van der Waals surface area contributed by atoms with Gasteiger partial charge in [-0.2, -0.15) is 0 Å². The molecule has 0 atom stereocenters. The lowest BCUT2D eigenvalue weighted by atomic mass is 10.2. The smallest absolute Gasteiger partial charge is 0.322 e. The average molecular weight is 339 g/mol. The molecule has 130 valence electrons. The number of nitrogens with zero attached hydrogens (tertiary/aromatic N) is 1. The Balaban J connectivity index is 1.64. The Bertz CT molecular complexity index is 848. The highest BCUT2D eigenvalue weighted by molar-refractivity contribution is 5.76. The third-order valence-electron chi connectivity index (χ3n) is 3.29. The van der Waals surface area contributed by atoms with Crippen molar-refractivity contribution in [1.82, 2.24) is 10.4 Å². The van der Waals surface area contributed by atoms with Crippen LogP contribution in [0.1, 0.15) is 20.8 Å².